The van der Waals surface area contributed by atoms with Gasteiger partial charge < -0.3 is 10.6 Å². The summed E-state index contributed by atoms with van der Waals surface area (Å²) in [4.78, 5) is 1.47. The van der Waals surface area contributed by atoms with Gasteiger partial charge in [0.2, 0.25) is 0 Å². The second kappa shape index (κ2) is 5.79. The van der Waals surface area contributed by atoms with E-state index in [-0.39, 0.29) is 5.56 Å². The number of benzene rings is 2. The smallest absolute Gasteiger partial charge is 0.290 e. The van der Waals surface area contributed by atoms with E-state index in [1.165, 1.54) is 17.0 Å². The van der Waals surface area contributed by atoms with Gasteiger partial charge in [-0.2, -0.15) is 8.78 Å². The van der Waals surface area contributed by atoms with Crippen molar-refractivity contribution >= 4 is 27.3 Å². The Hall–Kier alpha value is -1.62. The molecule has 106 valence electrons. The topological polar surface area (TPSA) is 29.3 Å². The van der Waals surface area contributed by atoms with Crippen molar-refractivity contribution in [2.75, 3.05) is 24.2 Å². The van der Waals surface area contributed by atoms with Crippen LogP contribution in [0.4, 0.5) is 20.2 Å². The molecule has 0 aliphatic heterocycles. The molecule has 2 aromatic carbocycles. The van der Waals surface area contributed by atoms with E-state index in [1.807, 2.05) is 0 Å². The van der Waals surface area contributed by atoms with Gasteiger partial charge >= 0.3 is 0 Å². The molecule has 0 bridgehead atoms. The van der Waals surface area contributed by atoms with Crippen molar-refractivity contribution in [1.82, 2.24) is 0 Å². The largest absolute Gasteiger partial charge is 0.397 e. The minimum atomic E-state index is -2.93. The second-order valence-electron chi connectivity index (χ2n) is 4.63. The fourth-order valence-corrected chi connectivity index (χ4v) is 2.41. The summed E-state index contributed by atoms with van der Waals surface area (Å²) in [5.41, 5.74) is 6.92. The number of nitrogens with two attached hydrogens (primary N) is 1. The van der Waals surface area contributed by atoms with Crippen LogP contribution in [-0.4, -0.2) is 13.6 Å². The van der Waals surface area contributed by atoms with Gasteiger partial charge in [-0.25, -0.2) is 0 Å². The van der Waals surface area contributed by atoms with Gasteiger partial charge in [0.05, 0.1) is 17.9 Å². The van der Waals surface area contributed by atoms with Crippen LogP contribution in [0.2, 0.25) is 0 Å². The van der Waals surface area contributed by atoms with Crippen molar-refractivity contribution in [1.29, 1.82) is 0 Å². The van der Waals surface area contributed by atoms with Crippen molar-refractivity contribution < 1.29 is 8.78 Å². The summed E-state index contributed by atoms with van der Waals surface area (Å²) >= 11 is 3.30. The van der Waals surface area contributed by atoms with Gasteiger partial charge in [-0.1, -0.05) is 46.3 Å². The Morgan fingerprint density at radius 3 is 2.40 bits per heavy atom. The van der Waals surface area contributed by atoms with Crippen molar-refractivity contribution in [2.45, 2.75) is 5.92 Å². The molecule has 0 radical (unpaired) electrons. The highest BCUT2D eigenvalue weighted by Crippen LogP contribution is 2.32. The molecule has 0 heterocycles. The molecule has 0 fully saturated rings. The van der Waals surface area contributed by atoms with Crippen LogP contribution in [-0.2, 0) is 5.92 Å². The molecule has 0 unspecified atom stereocenters. The average molecular weight is 341 g/mol. The third-order valence-corrected chi connectivity index (χ3v) is 3.53. The number of hydrogen-bond acceptors (Lipinski definition) is 2. The van der Waals surface area contributed by atoms with Gasteiger partial charge in [-0.15, -0.1) is 0 Å². The van der Waals surface area contributed by atoms with E-state index in [1.54, 1.807) is 43.4 Å². The summed E-state index contributed by atoms with van der Waals surface area (Å²) in [5.74, 6) is -2.93. The third-order valence-electron chi connectivity index (χ3n) is 3.03. The lowest BCUT2D eigenvalue weighted by molar-refractivity contribution is 0.00502. The first kappa shape index (κ1) is 14.8. The molecule has 0 aliphatic rings. The van der Waals surface area contributed by atoms with Gasteiger partial charge in [0.25, 0.3) is 5.92 Å². The summed E-state index contributed by atoms with van der Waals surface area (Å²) in [6.07, 6.45) is 0. The number of rotatable bonds is 4. The van der Waals surface area contributed by atoms with Crippen LogP contribution < -0.4 is 10.6 Å². The fraction of sp³-hybridized carbons (Fsp3) is 0.200. The summed E-state index contributed by atoms with van der Waals surface area (Å²) in [6, 6.07) is 13.0. The highest BCUT2D eigenvalue weighted by Gasteiger charge is 2.33. The fourth-order valence-electron chi connectivity index (χ4n) is 2.03. The molecule has 20 heavy (non-hydrogen) atoms. The molecule has 0 saturated heterocycles. The Bertz CT molecular complexity index is 588. The summed E-state index contributed by atoms with van der Waals surface area (Å²) in [6.45, 7) is -0.428. The molecule has 5 heteroatoms. The van der Waals surface area contributed by atoms with Crippen molar-refractivity contribution in [3.8, 4) is 0 Å². The number of anilines is 2. The minimum Gasteiger partial charge on any atom is -0.397 e. The van der Waals surface area contributed by atoms with E-state index in [2.05, 4.69) is 15.9 Å². The number of hydrogen-bond donors (Lipinski definition) is 1. The SMILES string of the molecule is CN(CC(F)(F)c1ccccc1)c1ccc(Br)cc1N. The average Bonchev–Trinajstić information content (AvgIpc) is 2.39. The van der Waals surface area contributed by atoms with E-state index in [4.69, 9.17) is 5.73 Å². The maximum Gasteiger partial charge on any atom is 0.290 e. The van der Waals surface area contributed by atoms with Gasteiger partial charge in [-0.3, -0.25) is 0 Å². The van der Waals surface area contributed by atoms with Gasteiger partial charge in [0.15, 0.2) is 0 Å². The Labute approximate surface area is 125 Å². The molecular weight excluding hydrogens is 326 g/mol. The van der Waals surface area contributed by atoms with Crippen LogP contribution in [0.5, 0.6) is 0 Å². The Kier molecular flexibility index (Phi) is 4.28. The number of halogens is 3. The maximum atomic E-state index is 14.2. The Balaban J connectivity index is 2.20. The lowest BCUT2D eigenvalue weighted by atomic mass is 10.1. The lowest BCUT2D eigenvalue weighted by Gasteiger charge is -2.26. The molecule has 0 aliphatic carbocycles. The van der Waals surface area contributed by atoms with Gasteiger partial charge in [0.1, 0.15) is 0 Å². The van der Waals surface area contributed by atoms with E-state index in [0.29, 0.717) is 11.4 Å². The van der Waals surface area contributed by atoms with Crippen LogP contribution in [0.25, 0.3) is 0 Å². The third kappa shape index (κ3) is 3.28. The van der Waals surface area contributed by atoms with Crippen LogP contribution in [0.1, 0.15) is 5.56 Å². The molecule has 0 spiro atoms. The zero-order chi connectivity index (χ0) is 14.8. The minimum absolute atomic E-state index is 0.00235. The van der Waals surface area contributed by atoms with E-state index >= 15 is 0 Å². The zero-order valence-corrected chi connectivity index (χ0v) is 12.6. The predicted octanol–water partition coefficient (Wildman–Crippen LogP) is 4.26. The number of alkyl halides is 2. The second-order valence-corrected chi connectivity index (χ2v) is 5.55. The molecule has 0 amide bonds. The summed E-state index contributed by atoms with van der Waals surface area (Å²) in [7, 11) is 1.61. The van der Waals surface area contributed by atoms with Crippen molar-refractivity contribution in [2.24, 2.45) is 0 Å². The molecule has 2 rings (SSSR count). The molecule has 2 nitrogen and oxygen atoms in total. The monoisotopic (exact) mass is 340 g/mol. The molecule has 2 N–H and O–H groups in total. The van der Waals surface area contributed by atoms with Crippen LogP contribution in [0.15, 0.2) is 53.0 Å². The molecular formula is C15H15BrF2N2. The Morgan fingerprint density at radius 1 is 1.15 bits per heavy atom. The normalized spacial score (nSPS) is 11.4. The highest BCUT2D eigenvalue weighted by molar-refractivity contribution is 9.10. The maximum absolute atomic E-state index is 14.2. The van der Waals surface area contributed by atoms with Crippen molar-refractivity contribution in [3.63, 3.8) is 0 Å². The first-order valence-corrected chi connectivity index (χ1v) is 6.89. The Morgan fingerprint density at radius 2 is 1.80 bits per heavy atom. The van der Waals surface area contributed by atoms with Crippen LogP contribution >= 0.6 is 15.9 Å². The quantitative estimate of drug-likeness (QED) is 0.842. The standard InChI is InChI=1S/C15H15BrF2N2/c1-20(14-8-7-12(16)9-13(14)19)10-15(17,18)11-5-3-2-4-6-11/h2-9H,10,19H2,1H3. The summed E-state index contributed by atoms with van der Waals surface area (Å²) < 4.78 is 29.2. The van der Waals surface area contributed by atoms with Gasteiger partial charge in [0, 0.05) is 17.1 Å². The van der Waals surface area contributed by atoms with Gasteiger partial charge in [-0.05, 0) is 18.2 Å². The molecule has 2 aromatic rings. The lowest BCUT2D eigenvalue weighted by Crippen LogP contribution is -2.32. The van der Waals surface area contributed by atoms with E-state index < -0.39 is 12.5 Å². The number of likely N-dealkylation sites (N-methyl/N-ethyl adjacent to an activating group) is 1. The van der Waals surface area contributed by atoms with Crippen molar-refractivity contribution in [3.05, 3.63) is 58.6 Å². The summed E-state index contributed by atoms with van der Waals surface area (Å²) in [5, 5.41) is 0. The first-order chi connectivity index (χ1) is 9.40. The molecule has 0 saturated carbocycles. The van der Waals surface area contributed by atoms with E-state index in [0.717, 1.165) is 4.47 Å². The predicted molar refractivity (Wildman–Crippen MR) is 82.2 cm³/mol. The first-order valence-electron chi connectivity index (χ1n) is 6.09. The number of nitrogen functional groups attached to an aromatic ring is 1. The molecule has 0 aromatic heterocycles. The highest BCUT2D eigenvalue weighted by atomic mass is 79.9. The number of nitrogens with zero attached hydrogens (tertiary/aromatic N) is 1. The van der Waals surface area contributed by atoms with E-state index in [9.17, 15) is 8.78 Å². The molecule has 0 atom stereocenters. The van der Waals surface area contributed by atoms with Crippen LogP contribution in [0, 0.1) is 0 Å². The van der Waals surface area contributed by atoms with Crippen LogP contribution in [0.3, 0.4) is 0 Å². The zero-order valence-electron chi connectivity index (χ0n) is 11.0.